The van der Waals surface area contributed by atoms with Crippen molar-refractivity contribution in [2.24, 2.45) is 0 Å². The van der Waals surface area contributed by atoms with Gasteiger partial charge < -0.3 is 19.7 Å². The summed E-state index contributed by atoms with van der Waals surface area (Å²) in [6, 6.07) is 8.91. The summed E-state index contributed by atoms with van der Waals surface area (Å²) in [5.74, 6) is -0.974. The molecule has 1 saturated heterocycles. The Bertz CT molecular complexity index is 1300. The largest absolute Gasteiger partial charge is 0.529 e. The van der Waals surface area contributed by atoms with Gasteiger partial charge in [0.1, 0.15) is 17.9 Å². The van der Waals surface area contributed by atoms with Gasteiger partial charge in [-0.15, -0.1) is 0 Å². The normalized spacial score (nSPS) is 22.6. The fraction of sp³-hybridized carbons (Fsp3) is 0.458. The van der Waals surface area contributed by atoms with Gasteiger partial charge in [0.15, 0.2) is 0 Å². The molecule has 12 nitrogen and oxygen atoms in total. The summed E-state index contributed by atoms with van der Waals surface area (Å²) in [5.41, 5.74) is -1.85. The highest BCUT2D eigenvalue weighted by molar-refractivity contribution is 9.11. The van der Waals surface area contributed by atoms with E-state index in [1.807, 2.05) is 13.0 Å². The lowest BCUT2D eigenvalue weighted by molar-refractivity contribution is -0.141. The highest BCUT2D eigenvalue weighted by atomic mass is 79.9. The molecule has 14 heteroatoms. The number of phosphoric acid groups is 1. The summed E-state index contributed by atoms with van der Waals surface area (Å²) in [6.07, 6.45) is 1.18. The molecular weight excluding hydrogens is 585 g/mol. The highest BCUT2D eigenvalue weighted by Gasteiger charge is 2.42. The summed E-state index contributed by atoms with van der Waals surface area (Å²) >= 11 is 3.06. The fourth-order valence-corrected chi connectivity index (χ4v) is 5.01. The van der Waals surface area contributed by atoms with Gasteiger partial charge >= 0.3 is 19.5 Å². The standard InChI is InChI=1S/C24H31BrN3O9P/c1-3-4-11-24(2,27-17-8-6-5-7-9-17)22(31)37-38(33,34)35-15-19-18(29)13-20(36-19)28-14-16(10-12-25)21(30)26-23(28)32/h5-10,12,14,18-20,27,29H,3-4,11,13,15H2,1-2H3,(H,33,34)(H,26,30,32)/b12-10+/t18-,19+,20+,24+/m0/s1. The third-order valence-electron chi connectivity index (χ3n) is 6.03. The number of halogens is 1. The molecule has 38 heavy (non-hydrogen) atoms. The van der Waals surface area contributed by atoms with Crippen LogP contribution in [0.25, 0.3) is 6.08 Å². The number of anilines is 1. The number of rotatable bonds is 12. The lowest BCUT2D eigenvalue weighted by Crippen LogP contribution is -2.44. The van der Waals surface area contributed by atoms with E-state index in [2.05, 4.69) is 26.2 Å². The third kappa shape index (κ3) is 7.75. The van der Waals surface area contributed by atoms with Gasteiger partial charge in [-0.3, -0.25) is 23.8 Å². The molecule has 0 aliphatic carbocycles. The molecule has 2 heterocycles. The number of phosphoric ester groups is 1. The summed E-state index contributed by atoms with van der Waals surface area (Å²) < 4.78 is 29.3. The molecule has 0 bridgehead atoms. The van der Waals surface area contributed by atoms with Crippen molar-refractivity contribution in [3.8, 4) is 0 Å². The molecule has 3 rings (SSSR count). The molecular formula is C24H31BrN3O9P. The summed E-state index contributed by atoms with van der Waals surface area (Å²) in [7, 11) is -4.90. The van der Waals surface area contributed by atoms with E-state index < -0.39 is 55.6 Å². The van der Waals surface area contributed by atoms with Crippen LogP contribution < -0.4 is 16.6 Å². The van der Waals surface area contributed by atoms with Crippen molar-refractivity contribution >= 4 is 41.5 Å². The van der Waals surface area contributed by atoms with E-state index in [-0.39, 0.29) is 12.0 Å². The van der Waals surface area contributed by atoms with Crippen LogP contribution in [-0.2, 0) is 23.1 Å². The van der Waals surface area contributed by atoms with Gasteiger partial charge in [-0.05, 0) is 36.5 Å². The minimum atomic E-state index is -4.90. The maximum Gasteiger partial charge on any atom is 0.529 e. The van der Waals surface area contributed by atoms with Gasteiger partial charge in [-0.1, -0.05) is 53.9 Å². The minimum Gasteiger partial charge on any atom is -0.390 e. The Morgan fingerprint density at radius 2 is 2.08 bits per heavy atom. The van der Waals surface area contributed by atoms with Crippen LogP contribution in [0, 0.1) is 0 Å². The molecule has 0 saturated carbocycles. The summed E-state index contributed by atoms with van der Waals surface area (Å²) in [4.78, 5) is 51.0. The predicted octanol–water partition coefficient (Wildman–Crippen LogP) is 3.27. The van der Waals surface area contributed by atoms with Gasteiger partial charge in [0, 0.05) is 18.3 Å². The number of benzene rings is 1. The monoisotopic (exact) mass is 615 g/mol. The number of nitrogens with one attached hydrogen (secondary N) is 2. The first-order valence-electron chi connectivity index (χ1n) is 12.0. The summed E-state index contributed by atoms with van der Waals surface area (Å²) in [6.45, 7) is 2.94. The number of hydrogen-bond donors (Lipinski definition) is 4. The average molecular weight is 616 g/mol. The zero-order valence-corrected chi connectivity index (χ0v) is 23.4. The molecule has 1 aromatic heterocycles. The number of carbonyl (C=O) groups excluding carboxylic acids is 1. The second-order valence-electron chi connectivity index (χ2n) is 9.05. The Morgan fingerprint density at radius 3 is 2.74 bits per heavy atom. The Balaban J connectivity index is 1.66. The molecule has 0 spiro atoms. The second kappa shape index (κ2) is 13.0. The third-order valence-corrected chi connectivity index (χ3v) is 7.16. The van der Waals surface area contributed by atoms with Crippen molar-refractivity contribution in [3.63, 3.8) is 0 Å². The second-order valence-corrected chi connectivity index (χ2v) is 11.0. The van der Waals surface area contributed by atoms with E-state index >= 15 is 0 Å². The Kier molecular flexibility index (Phi) is 10.3. The summed E-state index contributed by atoms with van der Waals surface area (Å²) in [5, 5.41) is 13.5. The smallest absolute Gasteiger partial charge is 0.390 e. The first kappa shape index (κ1) is 30.0. The van der Waals surface area contributed by atoms with E-state index in [1.165, 1.54) is 17.3 Å². The van der Waals surface area contributed by atoms with Gasteiger partial charge in [0.05, 0.1) is 18.3 Å². The molecule has 208 valence electrons. The fourth-order valence-electron chi connectivity index (χ4n) is 3.92. The van der Waals surface area contributed by atoms with Crippen molar-refractivity contribution in [1.29, 1.82) is 0 Å². The number of aliphatic hydroxyl groups excluding tert-OH is 1. The highest BCUT2D eigenvalue weighted by Crippen LogP contribution is 2.46. The quantitative estimate of drug-likeness (QED) is 0.260. The number of carbonyl (C=O) groups is 1. The zero-order chi connectivity index (χ0) is 27.9. The molecule has 1 aliphatic heterocycles. The number of H-pyrrole nitrogens is 1. The molecule has 0 radical (unpaired) electrons. The van der Waals surface area contributed by atoms with Gasteiger partial charge in [-0.2, -0.15) is 0 Å². The van der Waals surface area contributed by atoms with Gasteiger partial charge in [0.25, 0.3) is 5.56 Å². The Morgan fingerprint density at radius 1 is 1.37 bits per heavy atom. The number of ether oxygens (including phenoxy) is 1. The van der Waals surface area contributed by atoms with Crippen LogP contribution in [0.4, 0.5) is 5.69 Å². The lowest BCUT2D eigenvalue weighted by atomic mass is 9.94. The zero-order valence-electron chi connectivity index (χ0n) is 20.9. The number of aliphatic hydroxyl groups is 1. The van der Waals surface area contributed by atoms with Crippen LogP contribution in [0.2, 0.25) is 0 Å². The van der Waals surface area contributed by atoms with Gasteiger partial charge in [-0.25, -0.2) is 14.2 Å². The van der Waals surface area contributed by atoms with Crippen LogP contribution in [0.3, 0.4) is 0 Å². The number of nitrogens with zero attached hydrogens (tertiary/aromatic N) is 1. The van der Waals surface area contributed by atoms with E-state index in [1.54, 1.807) is 31.2 Å². The van der Waals surface area contributed by atoms with Crippen LogP contribution >= 0.6 is 23.8 Å². The molecule has 1 aliphatic rings. The van der Waals surface area contributed by atoms with E-state index in [9.17, 15) is 28.9 Å². The molecule has 1 aromatic carbocycles. The Hall–Kier alpha value is -2.54. The number of para-hydroxylation sites is 1. The van der Waals surface area contributed by atoms with Crippen molar-refractivity contribution in [3.05, 3.63) is 67.9 Å². The number of unbranched alkanes of at least 4 members (excludes halogenated alkanes) is 1. The van der Waals surface area contributed by atoms with Crippen molar-refractivity contribution in [1.82, 2.24) is 9.55 Å². The number of aromatic amines is 1. The molecule has 1 unspecified atom stereocenters. The SMILES string of the molecule is CCCC[C@@](C)(Nc1ccccc1)C(=O)OP(=O)(O)OC[C@H]1O[C@@H](n2cc(/C=C/Br)c(=O)[nH]c2=O)C[C@@H]1O. The molecule has 1 fully saturated rings. The van der Waals surface area contributed by atoms with E-state index in [4.69, 9.17) is 13.8 Å². The maximum absolute atomic E-state index is 13.0. The minimum absolute atomic E-state index is 0.0525. The number of hydrogen-bond acceptors (Lipinski definition) is 9. The molecule has 4 N–H and O–H groups in total. The van der Waals surface area contributed by atoms with Crippen LogP contribution in [-0.4, -0.2) is 49.9 Å². The average Bonchev–Trinajstić information content (AvgIpc) is 3.23. The molecule has 5 atom stereocenters. The first-order chi connectivity index (χ1) is 18.0. The van der Waals surface area contributed by atoms with Gasteiger partial charge in [0.2, 0.25) is 0 Å². The predicted molar refractivity (Wildman–Crippen MR) is 144 cm³/mol. The topological polar surface area (TPSA) is 169 Å². The molecule has 2 aromatic rings. The number of aromatic nitrogens is 2. The van der Waals surface area contributed by atoms with Crippen LogP contribution in [0.15, 0.2) is 51.1 Å². The van der Waals surface area contributed by atoms with E-state index in [0.29, 0.717) is 18.5 Å². The first-order valence-corrected chi connectivity index (χ1v) is 14.4. The maximum atomic E-state index is 13.0. The van der Waals surface area contributed by atoms with Crippen LogP contribution in [0.5, 0.6) is 0 Å². The van der Waals surface area contributed by atoms with E-state index in [0.717, 1.165) is 11.0 Å². The van der Waals surface area contributed by atoms with Crippen molar-refractivity contribution in [2.75, 3.05) is 11.9 Å². The molecule has 0 amide bonds. The van der Waals surface area contributed by atoms with Crippen LogP contribution in [0.1, 0.15) is 51.3 Å². The van der Waals surface area contributed by atoms with Crippen molar-refractivity contribution in [2.45, 2.75) is 63.5 Å². The Labute approximate surface area is 227 Å². The van der Waals surface area contributed by atoms with Crippen molar-refractivity contribution < 1.29 is 33.1 Å². The lowest BCUT2D eigenvalue weighted by Gasteiger charge is -2.30.